The fraction of sp³-hybridized carbons (Fsp3) is 0.636. The van der Waals surface area contributed by atoms with Gasteiger partial charge >= 0.3 is 0 Å². The van der Waals surface area contributed by atoms with Crippen molar-refractivity contribution in [1.82, 2.24) is 4.72 Å². The third-order valence-electron chi connectivity index (χ3n) is 3.18. The van der Waals surface area contributed by atoms with Crippen molar-refractivity contribution < 1.29 is 16.8 Å². The van der Waals surface area contributed by atoms with Crippen molar-refractivity contribution in [3.63, 3.8) is 0 Å². The van der Waals surface area contributed by atoms with Crippen LogP contribution in [0.4, 0.5) is 0 Å². The highest BCUT2D eigenvalue weighted by atomic mass is 32.2. The van der Waals surface area contributed by atoms with Gasteiger partial charge in [-0.2, -0.15) is 0 Å². The molecule has 1 aromatic heterocycles. The molecule has 20 heavy (non-hydrogen) atoms. The number of sulfone groups is 1. The summed E-state index contributed by atoms with van der Waals surface area (Å²) in [6, 6.07) is 3.27. The quantitative estimate of drug-likeness (QED) is 0.792. The topological polar surface area (TPSA) is 106 Å². The van der Waals surface area contributed by atoms with E-state index in [0.717, 1.165) is 4.88 Å². The third kappa shape index (κ3) is 3.59. The molecule has 3 N–H and O–H groups in total. The maximum absolute atomic E-state index is 12.3. The zero-order valence-corrected chi connectivity index (χ0v) is 13.6. The van der Waals surface area contributed by atoms with Crippen LogP contribution in [0.3, 0.4) is 0 Å². The van der Waals surface area contributed by atoms with E-state index in [1.54, 1.807) is 13.0 Å². The first-order valence-corrected chi connectivity index (χ1v) is 10.3. The lowest BCUT2D eigenvalue weighted by Crippen LogP contribution is -2.46. The van der Waals surface area contributed by atoms with E-state index >= 15 is 0 Å². The van der Waals surface area contributed by atoms with Crippen LogP contribution in [0.1, 0.15) is 18.2 Å². The average molecular weight is 338 g/mol. The first-order valence-electron chi connectivity index (χ1n) is 6.19. The SMILES string of the molecule is CC1(NS(=O)(=O)c2ccc(CCN)s2)CCS(=O)(=O)C1. The van der Waals surface area contributed by atoms with Gasteiger partial charge in [0, 0.05) is 10.4 Å². The van der Waals surface area contributed by atoms with Gasteiger partial charge in [0.05, 0.1) is 11.5 Å². The standard InChI is InChI=1S/C11H18N2O4S3/c1-11(5-7-19(14,15)8-11)13-20(16,17)10-3-2-9(18-10)4-6-12/h2-3,13H,4-8,12H2,1H3. The Bertz CT molecular complexity index is 693. The average Bonchev–Trinajstić information content (AvgIpc) is 2.84. The molecule has 0 aromatic carbocycles. The van der Waals surface area contributed by atoms with Gasteiger partial charge in [0.15, 0.2) is 9.84 Å². The van der Waals surface area contributed by atoms with Gasteiger partial charge in [-0.3, -0.25) is 0 Å². The molecule has 0 bridgehead atoms. The number of hydrogen-bond donors (Lipinski definition) is 2. The zero-order valence-electron chi connectivity index (χ0n) is 11.1. The monoisotopic (exact) mass is 338 g/mol. The molecular weight excluding hydrogens is 320 g/mol. The molecule has 1 saturated heterocycles. The summed E-state index contributed by atoms with van der Waals surface area (Å²) in [5.74, 6) is -0.130. The number of nitrogens with one attached hydrogen (secondary N) is 1. The van der Waals surface area contributed by atoms with Crippen LogP contribution in [0.25, 0.3) is 0 Å². The van der Waals surface area contributed by atoms with Crippen LogP contribution in [0.5, 0.6) is 0 Å². The number of rotatable bonds is 5. The second-order valence-electron chi connectivity index (χ2n) is 5.27. The van der Waals surface area contributed by atoms with Gasteiger partial charge in [-0.05, 0) is 38.4 Å². The van der Waals surface area contributed by atoms with Gasteiger partial charge in [0.2, 0.25) is 0 Å². The van der Waals surface area contributed by atoms with E-state index in [4.69, 9.17) is 5.73 Å². The zero-order chi connectivity index (χ0) is 15.0. The highest BCUT2D eigenvalue weighted by Crippen LogP contribution is 2.28. The lowest BCUT2D eigenvalue weighted by Gasteiger charge is -2.22. The van der Waals surface area contributed by atoms with E-state index in [1.165, 1.54) is 17.4 Å². The Morgan fingerprint density at radius 2 is 2.15 bits per heavy atom. The van der Waals surface area contributed by atoms with Gasteiger partial charge < -0.3 is 5.73 Å². The minimum atomic E-state index is -3.69. The van der Waals surface area contributed by atoms with Crippen molar-refractivity contribution in [1.29, 1.82) is 0 Å². The molecule has 2 heterocycles. The van der Waals surface area contributed by atoms with Crippen molar-refractivity contribution in [2.45, 2.75) is 29.5 Å². The van der Waals surface area contributed by atoms with Crippen molar-refractivity contribution >= 4 is 31.2 Å². The normalized spacial score (nSPS) is 25.9. The smallest absolute Gasteiger partial charge is 0.250 e. The van der Waals surface area contributed by atoms with E-state index in [9.17, 15) is 16.8 Å². The second kappa shape index (κ2) is 5.38. The predicted molar refractivity (Wildman–Crippen MR) is 79.1 cm³/mol. The summed E-state index contributed by atoms with van der Waals surface area (Å²) in [7, 11) is -6.84. The summed E-state index contributed by atoms with van der Waals surface area (Å²) in [6.07, 6.45) is 0.932. The highest BCUT2D eigenvalue weighted by molar-refractivity contribution is 7.92. The van der Waals surface area contributed by atoms with Crippen LogP contribution >= 0.6 is 11.3 Å². The summed E-state index contributed by atoms with van der Waals surface area (Å²) in [6.45, 7) is 2.09. The molecule has 1 aromatic rings. The van der Waals surface area contributed by atoms with Gasteiger partial charge in [-0.1, -0.05) is 0 Å². The summed E-state index contributed by atoms with van der Waals surface area (Å²) >= 11 is 1.17. The minimum absolute atomic E-state index is 0.0227. The van der Waals surface area contributed by atoms with E-state index in [0.29, 0.717) is 19.4 Å². The second-order valence-corrected chi connectivity index (χ2v) is 10.5. The number of nitrogens with two attached hydrogens (primary N) is 1. The Morgan fingerprint density at radius 3 is 2.70 bits per heavy atom. The maximum Gasteiger partial charge on any atom is 0.250 e. The van der Waals surface area contributed by atoms with Crippen LogP contribution in [-0.4, -0.2) is 40.4 Å². The van der Waals surface area contributed by atoms with E-state index in [-0.39, 0.29) is 15.7 Å². The molecule has 1 aliphatic heterocycles. The Morgan fingerprint density at radius 1 is 1.45 bits per heavy atom. The van der Waals surface area contributed by atoms with Crippen LogP contribution in [-0.2, 0) is 26.3 Å². The Kier molecular flexibility index (Phi) is 4.27. The molecule has 0 saturated carbocycles. The fourth-order valence-electron chi connectivity index (χ4n) is 2.24. The molecule has 1 atom stereocenters. The number of sulfonamides is 1. The van der Waals surface area contributed by atoms with Gasteiger partial charge in [-0.25, -0.2) is 21.6 Å². The molecule has 6 nitrogen and oxygen atoms in total. The molecule has 9 heteroatoms. The van der Waals surface area contributed by atoms with Crippen molar-refractivity contribution in [3.05, 3.63) is 17.0 Å². The molecule has 114 valence electrons. The van der Waals surface area contributed by atoms with Gasteiger partial charge in [-0.15, -0.1) is 11.3 Å². The predicted octanol–water partition coefficient (Wildman–Crippen LogP) is 0.105. The lowest BCUT2D eigenvalue weighted by molar-refractivity contribution is 0.462. The summed E-state index contributed by atoms with van der Waals surface area (Å²) < 4.78 is 50.3. The van der Waals surface area contributed by atoms with Crippen LogP contribution in [0.2, 0.25) is 0 Å². The van der Waals surface area contributed by atoms with E-state index in [1.807, 2.05) is 0 Å². The lowest BCUT2D eigenvalue weighted by atomic mass is 10.0. The Labute approximate surface area is 123 Å². The van der Waals surface area contributed by atoms with Crippen molar-refractivity contribution in [2.75, 3.05) is 18.1 Å². The summed E-state index contributed by atoms with van der Waals surface area (Å²) in [5.41, 5.74) is 4.52. The molecule has 0 spiro atoms. The Hall–Kier alpha value is -0.480. The largest absolute Gasteiger partial charge is 0.330 e. The van der Waals surface area contributed by atoms with Crippen LogP contribution in [0, 0.1) is 0 Å². The summed E-state index contributed by atoms with van der Waals surface area (Å²) in [5, 5.41) is 0. The van der Waals surface area contributed by atoms with Gasteiger partial charge in [0.1, 0.15) is 4.21 Å². The van der Waals surface area contributed by atoms with Crippen molar-refractivity contribution in [3.8, 4) is 0 Å². The minimum Gasteiger partial charge on any atom is -0.330 e. The molecule has 2 rings (SSSR count). The molecular formula is C11H18N2O4S3. The van der Waals surface area contributed by atoms with E-state index < -0.39 is 25.4 Å². The summed E-state index contributed by atoms with van der Waals surface area (Å²) in [4.78, 5) is 0.900. The maximum atomic E-state index is 12.3. The number of thiophene rings is 1. The molecule has 1 unspecified atom stereocenters. The highest BCUT2D eigenvalue weighted by Gasteiger charge is 2.41. The first kappa shape index (κ1) is 15.9. The molecule has 1 fully saturated rings. The van der Waals surface area contributed by atoms with Crippen LogP contribution < -0.4 is 10.5 Å². The van der Waals surface area contributed by atoms with Crippen LogP contribution in [0.15, 0.2) is 16.3 Å². The third-order valence-corrected chi connectivity index (χ3v) is 8.36. The van der Waals surface area contributed by atoms with Crippen molar-refractivity contribution in [2.24, 2.45) is 5.73 Å². The molecule has 0 amide bonds. The first-order chi connectivity index (χ1) is 9.16. The fourth-order valence-corrected chi connectivity index (χ4v) is 7.24. The molecule has 0 aliphatic carbocycles. The van der Waals surface area contributed by atoms with E-state index in [2.05, 4.69) is 4.72 Å². The molecule has 1 aliphatic rings. The Balaban J connectivity index is 2.19. The number of hydrogen-bond acceptors (Lipinski definition) is 6. The van der Waals surface area contributed by atoms with Gasteiger partial charge in [0.25, 0.3) is 10.0 Å². The molecule has 0 radical (unpaired) electrons.